The number of hydrogen-bond donors (Lipinski definition) is 3. The molecule has 1 saturated heterocycles. The van der Waals surface area contributed by atoms with Gasteiger partial charge in [-0.2, -0.15) is 13.1 Å². The molecule has 1 aliphatic heterocycles. The topological polar surface area (TPSA) is 99.8 Å². The highest BCUT2D eigenvalue weighted by Crippen LogP contribution is 2.08. The first-order chi connectivity index (χ1) is 9.41. The Kier molecular flexibility index (Phi) is 7.25. The van der Waals surface area contributed by atoms with Crippen LogP contribution >= 0.6 is 0 Å². The third kappa shape index (κ3) is 7.06. The maximum Gasteiger partial charge on any atom is 0.277 e. The van der Waals surface area contributed by atoms with E-state index in [9.17, 15) is 8.42 Å². The Morgan fingerprint density at radius 1 is 1.25 bits per heavy atom. The first-order valence-corrected chi connectivity index (χ1v) is 8.71. The minimum atomic E-state index is -3.43. The molecule has 0 spiro atoms. The Bertz CT molecular complexity index is 400. The van der Waals surface area contributed by atoms with Gasteiger partial charge in [-0.3, -0.25) is 4.99 Å². The molecule has 1 fully saturated rings. The predicted octanol–water partition coefficient (Wildman–Crippen LogP) is 0.00950. The third-order valence-electron chi connectivity index (χ3n) is 3.00. The van der Waals surface area contributed by atoms with Crippen molar-refractivity contribution >= 4 is 16.2 Å². The lowest BCUT2D eigenvalue weighted by Gasteiger charge is -2.21. The minimum absolute atomic E-state index is 0.127. The quantitative estimate of drug-likeness (QED) is 0.365. The third-order valence-corrected chi connectivity index (χ3v) is 4.36. The second-order valence-corrected chi connectivity index (χ2v) is 6.84. The Morgan fingerprint density at radius 2 is 1.85 bits per heavy atom. The average Bonchev–Trinajstić information content (AvgIpc) is 2.61. The normalized spacial score (nSPS) is 18.4. The highest BCUT2D eigenvalue weighted by molar-refractivity contribution is 7.87. The van der Waals surface area contributed by atoms with Crippen LogP contribution in [0.5, 0.6) is 0 Å². The number of nitrogens with two attached hydrogens (primary N) is 1. The Hall–Kier alpha value is -0.860. The van der Waals surface area contributed by atoms with E-state index in [1.165, 1.54) is 12.8 Å². The van der Waals surface area contributed by atoms with Gasteiger partial charge in [0.15, 0.2) is 5.96 Å². The van der Waals surface area contributed by atoms with Crippen LogP contribution < -0.4 is 15.2 Å². The Balaban J connectivity index is 2.32. The maximum atomic E-state index is 11.5. The van der Waals surface area contributed by atoms with Gasteiger partial charge in [0.2, 0.25) is 0 Å². The summed E-state index contributed by atoms with van der Waals surface area (Å²) >= 11 is 0. The molecule has 0 aromatic heterocycles. The van der Waals surface area contributed by atoms with Crippen molar-refractivity contribution in [1.82, 2.24) is 14.3 Å². The molecule has 1 rings (SSSR count). The molecule has 1 aliphatic rings. The predicted molar refractivity (Wildman–Crippen MR) is 81.7 cm³/mol. The van der Waals surface area contributed by atoms with E-state index in [0.29, 0.717) is 12.5 Å². The number of guanidine groups is 1. The molecule has 0 radical (unpaired) electrons. The fourth-order valence-corrected chi connectivity index (χ4v) is 3.17. The summed E-state index contributed by atoms with van der Waals surface area (Å²) in [5.41, 5.74) is 5.93. The number of likely N-dealkylation sites (tertiary alicyclic amines) is 1. The van der Waals surface area contributed by atoms with Crippen LogP contribution in [0.3, 0.4) is 0 Å². The molecule has 8 heteroatoms. The van der Waals surface area contributed by atoms with Gasteiger partial charge in [-0.05, 0) is 26.7 Å². The highest BCUT2D eigenvalue weighted by Gasteiger charge is 2.12. The van der Waals surface area contributed by atoms with Gasteiger partial charge in [-0.15, -0.1) is 0 Å². The molecule has 118 valence electrons. The van der Waals surface area contributed by atoms with Crippen molar-refractivity contribution in [1.29, 1.82) is 0 Å². The standard InChI is InChI=1S/C12H27N5O2S/c1-11(2)16-20(18,19)15-8-7-14-12(13)17-9-5-3-4-6-10-17/h11,15-16H,3-10H2,1-2H3,(H2,13,14). The lowest BCUT2D eigenvalue weighted by atomic mass is 10.2. The van der Waals surface area contributed by atoms with E-state index in [1.54, 1.807) is 13.8 Å². The summed E-state index contributed by atoms with van der Waals surface area (Å²) in [5.74, 6) is 0.517. The van der Waals surface area contributed by atoms with Crippen molar-refractivity contribution in [2.45, 2.75) is 45.6 Å². The summed E-state index contributed by atoms with van der Waals surface area (Å²) in [6.07, 6.45) is 4.76. The van der Waals surface area contributed by atoms with E-state index >= 15 is 0 Å². The number of hydrogen-bond acceptors (Lipinski definition) is 3. The van der Waals surface area contributed by atoms with E-state index in [-0.39, 0.29) is 12.6 Å². The number of nitrogens with zero attached hydrogens (tertiary/aromatic N) is 2. The van der Waals surface area contributed by atoms with Gasteiger partial charge in [0.25, 0.3) is 10.2 Å². The van der Waals surface area contributed by atoms with Gasteiger partial charge >= 0.3 is 0 Å². The molecule has 0 saturated carbocycles. The number of nitrogens with one attached hydrogen (secondary N) is 2. The largest absolute Gasteiger partial charge is 0.370 e. The fraction of sp³-hybridized carbons (Fsp3) is 0.917. The molecular formula is C12H27N5O2S. The summed E-state index contributed by atoms with van der Waals surface area (Å²) in [7, 11) is -3.43. The molecular weight excluding hydrogens is 278 g/mol. The molecule has 0 bridgehead atoms. The molecule has 0 amide bonds. The van der Waals surface area contributed by atoms with E-state index in [1.807, 2.05) is 0 Å². The average molecular weight is 305 g/mol. The summed E-state index contributed by atoms with van der Waals surface area (Å²) < 4.78 is 27.9. The molecule has 4 N–H and O–H groups in total. The van der Waals surface area contributed by atoms with Crippen molar-refractivity contribution in [2.75, 3.05) is 26.2 Å². The molecule has 1 heterocycles. The van der Waals surface area contributed by atoms with Gasteiger partial charge < -0.3 is 10.6 Å². The van der Waals surface area contributed by atoms with Crippen LogP contribution in [-0.4, -0.2) is 51.5 Å². The van der Waals surface area contributed by atoms with Crippen LogP contribution in [0.4, 0.5) is 0 Å². The smallest absolute Gasteiger partial charge is 0.277 e. The van der Waals surface area contributed by atoms with E-state index in [0.717, 1.165) is 25.9 Å². The molecule has 0 aromatic carbocycles. The first kappa shape index (κ1) is 17.2. The zero-order valence-electron chi connectivity index (χ0n) is 12.4. The van der Waals surface area contributed by atoms with Crippen LogP contribution in [0.1, 0.15) is 39.5 Å². The van der Waals surface area contributed by atoms with Crippen LogP contribution in [0.25, 0.3) is 0 Å². The fourth-order valence-electron chi connectivity index (χ4n) is 2.10. The molecule has 0 aliphatic carbocycles. The Morgan fingerprint density at radius 3 is 2.40 bits per heavy atom. The summed E-state index contributed by atoms with van der Waals surface area (Å²) in [6.45, 7) is 6.02. The SMILES string of the molecule is CC(C)NS(=O)(=O)NCCN=C(N)N1CCCCCC1. The summed E-state index contributed by atoms with van der Waals surface area (Å²) in [4.78, 5) is 6.31. The monoisotopic (exact) mass is 305 g/mol. The summed E-state index contributed by atoms with van der Waals surface area (Å²) in [5, 5.41) is 0. The lowest BCUT2D eigenvalue weighted by molar-refractivity contribution is 0.428. The maximum absolute atomic E-state index is 11.5. The highest BCUT2D eigenvalue weighted by atomic mass is 32.2. The van der Waals surface area contributed by atoms with Crippen molar-refractivity contribution in [3.05, 3.63) is 0 Å². The van der Waals surface area contributed by atoms with E-state index < -0.39 is 10.2 Å². The van der Waals surface area contributed by atoms with Gasteiger partial charge in [0, 0.05) is 25.7 Å². The molecule has 20 heavy (non-hydrogen) atoms. The number of rotatable bonds is 6. The van der Waals surface area contributed by atoms with Crippen LogP contribution in [-0.2, 0) is 10.2 Å². The lowest BCUT2D eigenvalue weighted by Crippen LogP contribution is -2.42. The zero-order valence-corrected chi connectivity index (χ0v) is 13.2. The number of aliphatic imine (C=N–C) groups is 1. The van der Waals surface area contributed by atoms with Crippen LogP contribution in [0.2, 0.25) is 0 Å². The van der Waals surface area contributed by atoms with Gasteiger partial charge in [0.1, 0.15) is 0 Å². The Labute approximate surface area is 122 Å². The van der Waals surface area contributed by atoms with Crippen molar-refractivity contribution in [2.24, 2.45) is 10.7 Å². The van der Waals surface area contributed by atoms with E-state index in [2.05, 4.69) is 19.3 Å². The molecule has 0 atom stereocenters. The van der Waals surface area contributed by atoms with Gasteiger partial charge in [-0.1, -0.05) is 12.8 Å². The second kappa shape index (κ2) is 8.43. The van der Waals surface area contributed by atoms with Gasteiger partial charge in [0.05, 0.1) is 6.54 Å². The molecule has 7 nitrogen and oxygen atoms in total. The molecule has 0 unspecified atom stereocenters. The zero-order chi connectivity index (χ0) is 15.0. The molecule has 0 aromatic rings. The van der Waals surface area contributed by atoms with Crippen molar-refractivity contribution in [3.63, 3.8) is 0 Å². The summed E-state index contributed by atoms with van der Waals surface area (Å²) in [6, 6.07) is -0.127. The van der Waals surface area contributed by atoms with Crippen molar-refractivity contribution < 1.29 is 8.42 Å². The van der Waals surface area contributed by atoms with Crippen LogP contribution in [0, 0.1) is 0 Å². The van der Waals surface area contributed by atoms with Gasteiger partial charge in [-0.25, -0.2) is 4.72 Å². The van der Waals surface area contributed by atoms with Crippen LogP contribution in [0.15, 0.2) is 4.99 Å². The first-order valence-electron chi connectivity index (χ1n) is 7.22. The minimum Gasteiger partial charge on any atom is -0.370 e. The second-order valence-electron chi connectivity index (χ2n) is 5.31. The van der Waals surface area contributed by atoms with E-state index in [4.69, 9.17) is 5.73 Å². The van der Waals surface area contributed by atoms with Crippen molar-refractivity contribution in [3.8, 4) is 0 Å².